The molecular weight excluding hydrogens is 298 g/mol. The lowest BCUT2D eigenvalue weighted by Gasteiger charge is -2.28. The Morgan fingerprint density at radius 2 is 2.00 bits per heavy atom. The molecule has 0 spiro atoms. The number of amides is 2. The van der Waals surface area contributed by atoms with Gasteiger partial charge in [0.2, 0.25) is 17.7 Å². The Bertz CT molecular complexity index is 603. The van der Waals surface area contributed by atoms with Gasteiger partial charge in [0.05, 0.1) is 14.2 Å². The van der Waals surface area contributed by atoms with Gasteiger partial charge in [0.1, 0.15) is 5.56 Å². The summed E-state index contributed by atoms with van der Waals surface area (Å²) in [6.07, 6.45) is 3.37. The number of aromatic nitrogens is 1. The third-order valence-corrected chi connectivity index (χ3v) is 3.58. The number of nitrogens with zero attached hydrogens (tertiary/aromatic N) is 3. The van der Waals surface area contributed by atoms with Crippen LogP contribution in [0.1, 0.15) is 29.6 Å². The number of hydrogen-bond donors (Lipinski definition) is 0. The molecule has 23 heavy (non-hydrogen) atoms. The van der Waals surface area contributed by atoms with E-state index in [4.69, 9.17) is 9.47 Å². The van der Waals surface area contributed by atoms with Crippen LogP contribution in [0.4, 0.5) is 0 Å². The first kappa shape index (κ1) is 16.8. The molecule has 2 amide bonds. The summed E-state index contributed by atoms with van der Waals surface area (Å²) in [5, 5.41) is 2.95. The Morgan fingerprint density at radius 1 is 1.26 bits per heavy atom. The van der Waals surface area contributed by atoms with E-state index in [0.717, 1.165) is 6.42 Å². The van der Waals surface area contributed by atoms with E-state index in [1.807, 2.05) is 0 Å². The number of hydrogen-bond acceptors (Lipinski definition) is 5. The van der Waals surface area contributed by atoms with Gasteiger partial charge < -0.3 is 9.47 Å². The number of allylic oxidation sites excluding steroid dienone is 1. The lowest BCUT2D eigenvalue weighted by atomic mass is 10.2. The number of rotatable bonds is 6. The minimum Gasteiger partial charge on any atom is -0.481 e. The van der Waals surface area contributed by atoms with Crippen LogP contribution in [0.3, 0.4) is 0 Å². The quantitative estimate of drug-likeness (QED) is 0.746. The highest BCUT2D eigenvalue weighted by atomic mass is 16.5. The van der Waals surface area contributed by atoms with Gasteiger partial charge in [-0.3, -0.25) is 14.6 Å². The topological polar surface area (TPSA) is 72.0 Å². The van der Waals surface area contributed by atoms with Gasteiger partial charge in [0, 0.05) is 25.6 Å². The number of pyridine rings is 1. The van der Waals surface area contributed by atoms with Crippen molar-refractivity contribution in [2.45, 2.75) is 19.3 Å². The minimum atomic E-state index is -0.304. The highest BCUT2D eigenvalue weighted by Crippen LogP contribution is 2.24. The zero-order valence-corrected chi connectivity index (χ0v) is 13.4. The molecule has 1 aliphatic heterocycles. The van der Waals surface area contributed by atoms with Crippen molar-refractivity contribution < 1.29 is 19.1 Å². The predicted molar refractivity (Wildman–Crippen MR) is 84.1 cm³/mol. The van der Waals surface area contributed by atoms with Crippen LogP contribution in [0.15, 0.2) is 24.8 Å². The van der Waals surface area contributed by atoms with Crippen molar-refractivity contribution in [2.75, 3.05) is 27.3 Å². The lowest BCUT2D eigenvalue weighted by molar-refractivity contribution is -0.140. The van der Waals surface area contributed by atoms with Gasteiger partial charge in [-0.15, -0.1) is 6.58 Å². The van der Waals surface area contributed by atoms with Crippen LogP contribution in [-0.4, -0.2) is 54.1 Å². The summed E-state index contributed by atoms with van der Waals surface area (Å²) in [5.74, 6) is 0.149. The second-order valence-corrected chi connectivity index (χ2v) is 5.04. The molecule has 7 heteroatoms. The van der Waals surface area contributed by atoms with E-state index >= 15 is 0 Å². The zero-order valence-electron chi connectivity index (χ0n) is 13.4. The minimum absolute atomic E-state index is 0.0869. The third kappa shape index (κ3) is 3.61. The maximum absolute atomic E-state index is 12.8. The van der Waals surface area contributed by atoms with Crippen molar-refractivity contribution in [2.24, 2.45) is 0 Å². The highest BCUT2D eigenvalue weighted by Gasteiger charge is 2.32. The third-order valence-electron chi connectivity index (χ3n) is 3.58. The molecule has 1 fully saturated rings. The Balaban J connectivity index is 2.21. The molecule has 1 aromatic rings. The summed E-state index contributed by atoms with van der Waals surface area (Å²) in [6.45, 7) is 4.64. The summed E-state index contributed by atoms with van der Waals surface area (Å²) in [4.78, 5) is 29.1. The van der Waals surface area contributed by atoms with Crippen molar-refractivity contribution in [1.82, 2.24) is 15.0 Å². The standard InChI is InChI=1S/C16H21N3O4/c1-4-5-7-14(20)18-10-6-11-19(18)16(21)12-8-9-13(22-2)17-15(12)23-3/h4,8-9H,1,5-7,10-11H2,2-3H3. The van der Waals surface area contributed by atoms with Gasteiger partial charge in [-0.25, -0.2) is 5.01 Å². The molecule has 1 saturated heterocycles. The lowest BCUT2D eigenvalue weighted by Crippen LogP contribution is -2.44. The highest BCUT2D eigenvalue weighted by molar-refractivity contribution is 5.97. The number of carbonyl (C=O) groups excluding carboxylic acids is 2. The summed E-state index contributed by atoms with van der Waals surface area (Å²) in [6, 6.07) is 3.19. The van der Waals surface area contributed by atoms with Crippen LogP contribution in [0.5, 0.6) is 11.8 Å². The molecule has 1 aliphatic rings. The van der Waals surface area contributed by atoms with Crippen molar-refractivity contribution in [3.8, 4) is 11.8 Å². The van der Waals surface area contributed by atoms with E-state index in [0.29, 0.717) is 37.4 Å². The van der Waals surface area contributed by atoms with Gasteiger partial charge in [-0.05, 0) is 18.9 Å². The fraction of sp³-hybridized carbons (Fsp3) is 0.438. The molecule has 124 valence electrons. The Labute approximate surface area is 135 Å². The number of carbonyl (C=O) groups is 2. The molecule has 0 aromatic carbocycles. The van der Waals surface area contributed by atoms with Gasteiger partial charge in [-0.2, -0.15) is 4.98 Å². The van der Waals surface area contributed by atoms with E-state index < -0.39 is 0 Å². The molecule has 7 nitrogen and oxygen atoms in total. The number of hydrazine groups is 1. The summed E-state index contributed by atoms with van der Waals surface area (Å²) >= 11 is 0. The summed E-state index contributed by atoms with van der Waals surface area (Å²) in [7, 11) is 2.93. The fourth-order valence-corrected chi connectivity index (χ4v) is 2.43. The van der Waals surface area contributed by atoms with E-state index in [-0.39, 0.29) is 17.7 Å². The number of ether oxygens (including phenoxy) is 2. The van der Waals surface area contributed by atoms with Crippen LogP contribution in [-0.2, 0) is 4.79 Å². The maximum Gasteiger partial charge on any atom is 0.277 e. The number of methoxy groups -OCH3 is 2. The molecule has 0 atom stereocenters. The van der Waals surface area contributed by atoms with Crippen LogP contribution < -0.4 is 9.47 Å². The van der Waals surface area contributed by atoms with Crippen LogP contribution in [0.25, 0.3) is 0 Å². The van der Waals surface area contributed by atoms with Crippen molar-refractivity contribution in [3.05, 3.63) is 30.4 Å². The largest absolute Gasteiger partial charge is 0.481 e. The average molecular weight is 319 g/mol. The fourth-order valence-electron chi connectivity index (χ4n) is 2.43. The molecule has 1 aromatic heterocycles. The molecule has 0 bridgehead atoms. The SMILES string of the molecule is C=CCCC(=O)N1CCCN1C(=O)c1ccc(OC)nc1OC. The van der Waals surface area contributed by atoms with E-state index in [9.17, 15) is 9.59 Å². The molecule has 0 aliphatic carbocycles. The smallest absolute Gasteiger partial charge is 0.277 e. The van der Waals surface area contributed by atoms with Crippen molar-refractivity contribution in [1.29, 1.82) is 0 Å². The monoisotopic (exact) mass is 319 g/mol. The van der Waals surface area contributed by atoms with E-state index in [1.54, 1.807) is 18.2 Å². The van der Waals surface area contributed by atoms with E-state index in [2.05, 4.69) is 11.6 Å². The van der Waals surface area contributed by atoms with Crippen molar-refractivity contribution in [3.63, 3.8) is 0 Å². The second kappa shape index (κ2) is 7.62. The van der Waals surface area contributed by atoms with Crippen molar-refractivity contribution >= 4 is 11.8 Å². The first-order chi connectivity index (χ1) is 11.1. The molecule has 0 unspecified atom stereocenters. The summed E-state index contributed by atoms with van der Waals surface area (Å²) in [5.41, 5.74) is 0.303. The Morgan fingerprint density at radius 3 is 2.65 bits per heavy atom. The van der Waals surface area contributed by atoms with Gasteiger partial charge in [0.25, 0.3) is 5.91 Å². The average Bonchev–Trinajstić information content (AvgIpc) is 3.08. The molecule has 0 N–H and O–H groups in total. The maximum atomic E-state index is 12.8. The van der Waals surface area contributed by atoms with Gasteiger partial charge in [-0.1, -0.05) is 6.08 Å². The molecular formula is C16H21N3O4. The predicted octanol–water partition coefficient (Wildman–Crippen LogP) is 1.65. The molecule has 2 heterocycles. The van der Waals surface area contributed by atoms with Crippen LogP contribution >= 0.6 is 0 Å². The molecule has 0 saturated carbocycles. The first-order valence-electron chi connectivity index (χ1n) is 7.44. The zero-order chi connectivity index (χ0) is 16.8. The first-order valence-corrected chi connectivity index (χ1v) is 7.44. The molecule has 2 rings (SSSR count). The Kier molecular flexibility index (Phi) is 5.56. The molecule has 0 radical (unpaired) electrons. The van der Waals surface area contributed by atoms with Crippen LogP contribution in [0, 0.1) is 0 Å². The van der Waals surface area contributed by atoms with Gasteiger partial charge >= 0.3 is 0 Å². The van der Waals surface area contributed by atoms with E-state index in [1.165, 1.54) is 24.2 Å². The Hall–Kier alpha value is -2.57. The van der Waals surface area contributed by atoms with Crippen LogP contribution in [0.2, 0.25) is 0 Å². The second-order valence-electron chi connectivity index (χ2n) is 5.04. The van der Waals surface area contributed by atoms with Gasteiger partial charge in [0.15, 0.2) is 0 Å². The summed E-state index contributed by atoms with van der Waals surface area (Å²) < 4.78 is 10.2. The normalized spacial score (nSPS) is 13.8.